The monoisotopic (exact) mass is 482 g/mol. The molecule has 1 amide bonds. The molecule has 1 atom stereocenters. The standard InChI is InChI=1S/C30H27ClN2O2/c31-25-12-7-13-26(18-25)32-29(34)21-35-27-15-14-23-16-17-33(20-22-8-3-1-4-9-22)30(28(23)19-27)24-10-5-2-6-11-24/h1-15,18-19,30H,16-17,20-21H2,(H,32,34). The summed E-state index contributed by atoms with van der Waals surface area (Å²) < 4.78 is 5.91. The number of nitrogens with one attached hydrogen (secondary N) is 1. The molecule has 0 saturated heterocycles. The largest absolute Gasteiger partial charge is 0.484 e. The molecule has 0 radical (unpaired) electrons. The average Bonchev–Trinajstić information content (AvgIpc) is 2.88. The van der Waals surface area contributed by atoms with Crippen LogP contribution in [0.25, 0.3) is 0 Å². The third-order valence-corrected chi connectivity index (χ3v) is 6.50. The average molecular weight is 483 g/mol. The Balaban J connectivity index is 1.36. The summed E-state index contributed by atoms with van der Waals surface area (Å²) in [7, 11) is 0. The Labute approximate surface area is 211 Å². The highest BCUT2D eigenvalue weighted by atomic mass is 35.5. The summed E-state index contributed by atoms with van der Waals surface area (Å²) in [4.78, 5) is 15.0. The molecule has 176 valence electrons. The Morgan fingerprint density at radius 1 is 0.914 bits per heavy atom. The van der Waals surface area contributed by atoms with Gasteiger partial charge >= 0.3 is 0 Å². The highest BCUT2D eigenvalue weighted by molar-refractivity contribution is 6.30. The van der Waals surface area contributed by atoms with Crippen molar-refractivity contribution in [3.05, 3.63) is 130 Å². The Morgan fingerprint density at radius 2 is 1.69 bits per heavy atom. The Bertz CT molecular complexity index is 1290. The first kappa shape index (κ1) is 23.2. The van der Waals surface area contributed by atoms with E-state index in [0.29, 0.717) is 16.5 Å². The zero-order valence-corrected chi connectivity index (χ0v) is 20.1. The molecule has 0 fully saturated rings. The lowest BCUT2D eigenvalue weighted by Gasteiger charge is -2.38. The molecule has 4 aromatic carbocycles. The fourth-order valence-electron chi connectivity index (χ4n) is 4.66. The van der Waals surface area contributed by atoms with E-state index in [0.717, 1.165) is 19.5 Å². The van der Waals surface area contributed by atoms with Crippen molar-refractivity contribution in [2.24, 2.45) is 0 Å². The number of hydrogen-bond acceptors (Lipinski definition) is 3. The van der Waals surface area contributed by atoms with Crippen LogP contribution in [-0.2, 0) is 17.8 Å². The molecular formula is C30H27ClN2O2. The van der Waals surface area contributed by atoms with Crippen LogP contribution < -0.4 is 10.1 Å². The number of amides is 1. The second kappa shape index (κ2) is 10.8. The van der Waals surface area contributed by atoms with E-state index in [4.69, 9.17) is 16.3 Å². The van der Waals surface area contributed by atoms with E-state index in [9.17, 15) is 4.79 Å². The maximum atomic E-state index is 12.4. The fraction of sp³-hybridized carbons (Fsp3) is 0.167. The summed E-state index contributed by atoms with van der Waals surface area (Å²) in [5.74, 6) is 0.461. The number of hydrogen-bond donors (Lipinski definition) is 1. The summed E-state index contributed by atoms with van der Waals surface area (Å²) in [5, 5.41) is 3.40. The van der Waals surface area contributed by atoms with Gasteiger partial charge in [-0.2, -0.15) is 0 Å². The van der Waals surface area contributed by atoms with Crippen molar-refractivity contribution in [1.82, 2.24) is 4.90 Å². The SMILES string of the molecule is O=C(COc1ccc2c(c1)C(c1ccccc1)N(Cc1ccccc1)CC2)Nc1cccc(Cl)c1. The second-order valence-corrected chi connectivity index (χ2v) is 9.16. The van der Waals surface area contributed by atoms with Gasteiger partial charge in [-0.15, -0.1) is 0 Å². The minimum atomic E-state index is -0.227. The topological polar surface area (TPSA) is 41.6 Å². The van der Waals surface area contributed by atoms with Gasteiger partial charge in [0.05, 0.1) is 6.04 Å². The van der Waals surface area contributed by atoms with Gasteiger partial charge in [-0.05, 0) is 59.0 Å². The van der Waals surface area contributed by atoms with Crippen molar-refractivity contribution in [3.8, 4) is 5.75 Å². The van der Waals surface area contributed by atoms with E-state index in [1.165, 1.54) is 22.3 Å². The number of rotatable bonds is 7. The first-order valence-corrected chi connectivity index (χ1v) is 12.2. The van der Waals surface area contributed by atoms with Gasteiger partial charge in [0.1, 0.15) is 5.75 Å². The van der Waals surface area contributed by atoms with Crippen molar-refractivity contribution in [2.75, 3.05) is 18.5 Å². The van der Waals surface area contributed by atoms with Crippen LogP contribution in [0.1, 0.15) is 28.3 Å². The number of fused-ring (bicyclic) bond motifs is 1. The summed E-state index contributed by atoms with van der Waals surface area (Å²) in [6, 6.07) is 34.6. The van der Waals surface area contributed by atoms with Crippen LogP contribution in [0.15, 0.2) is 103 Å². The molecule has 0 aliphatic carbocycles. The predicted molar refractivity (Wildman–Crippen MR) is 141 cm³/mol. The van der Waals surface area contributed by atoms with Crippen LogP contribution in [0.5, 0.6) is 5.75 Å². The molecule has 1 aliphatic rings. The van der Waals surface area contributed by atoms with Crippen molar-refractivity contribution in [3.63, 3.8) is 0 Å². The van der Waals surface area contributed by atoms with Crippen molar-refractivity contribution in [2.45, 2.75) is 19.0 Å². The number of ether oxygens (including phenoxy) is 1. The summed E-state index contributed by atoms with van der Waals surface area (Å²) in [6.07, 6.45) is 0.973. The van der Waals surface area contributed by atoms with Gasteiger partial charge in [0, 0.05) is 23.8 Å². The Morgan fingerprint density at radius 3 is 2.46 bits per heavy atom. The maximum absolute atomic E-state index is 12.4. The van der Waals surface area contributed by atoms with Crippen LogP contribution in [0, 0.1) is 0 Å². The highest BCUT2D eigenvalue weighted by Crippen LogP contribution is 2.38. The predicted octanol–water partition coefficient (Wildman–Crippen LogP) is 6.51. The highest BCUT2D eigenvalue weighted by Gasteiger charge is 2.29. The molecule has 1 aliphatic heterocycles. The van der Waals surface area contributed by atoms with E-state index >= 15 is 0 Å². The minimum Gasteiger partial charge on any atom is -0.484 e. The van der Waals surface area contributed by atoms with Gasteiger partial charge in [-0.25, -0.2) is 0 Å². The van der Waals surface area contributed by atoms with Gasteiger partial charge in [0.25, 0.3) is 5.91 Å². The minimum absolute atomic E-state index is 0.0744. The fourth-order valence-corrected chi connectivity index (χ4v) is 4.85. The zero-order valence-electron chi connectivity index (χ0n) is 19.4. The van der Waals surface area contributed by atoms with Gasteiger partial charge in [-0.1, -0.05) is 84.4 Å². The molecule has 5 heteroatoms. The molecule has 0 saturated carbocycles. The lowest BCUT2D eigenvalue weighted by atomic mass is 9.87. The number of carbonyl (C=O) groups excluding carboxylic acids is 1. The van der Waals surface area contributed by atoms with E-state index < -0.39 is 0 Å². The van der Waals surface area contributed by atoms with Gasteiger partial charge in [0.2, 0.25) is 0 Å². The normalized spacial score (nSPS) is 15.3. The number of benzene rings is 4. The zero-order chi connectivity index (χ0) is 24.0. The lowest BCUT2D eigenvalue weighted by Crippen LogP contribution is -2.35. The third kappa shape index (κ3) is 5.73. The third-order valence-electron chi connectivity index (χ3n) is 6.27. The molecular weight excluding hydrogens is 456 g/mol. The number of halogens is 1. The number of nitrogens with zero attached hydrogens (tertiary/aromatic N) is 1. The molecule has 35 heavy (non-hydrogen) atoms. The van der Waals surface area contributed by atoms with Crippen LogP contribution in [0.4, 0.5) is 5.69 Å². The molecule has 4 aromatic rings. The van der Waals surface area contributed by atoms with Crippen molar-refractivity contribution >= 4 is 23.2 Å². The molecule has 1 heterocycles. The van der Waals surface area contributed by atoms with Crippen molar-refractivity contribution in [1.29, 1.82) is 0 Å². The summed E-state index contributed by atoms with van der Waals surface area (Å²) in [5.41, 5.74) is 5.74. The first-order valence-electron chi connectivity index (χ1n) is 11.8. The van der Waals surface area contributed by atoms with Gasteiger partial charge < -0.3 is 10.1 Å². The van der Waals surface area contributed by atoms with E-state index in [1.807, 2.05) is 12.1 Å². The summed E-state index contributed by atoms with van der Waals surface area (Å²) >= 11 is 6.01. The van der Waals surface area contributed by atoms with Crippen molar-refractivity contribution < 1.29 is 9.53 Å². The van der Waals surface area contributed by atoms with E-state index in [-0.39, 0.29) is 18.6 Å². The summed E-state index contributed by atoms with van der Waals surface area (Å²) in [6.45, 7) is 1.77. The van der Waals surface area contributed by atoms with Crippen LogP contribution >= 0.6 is 11.6 Å². The lowest BCUT2D eigenvalue weighted by molar-refractivity contribution is -0.118. The number of carbonyl (C=O) groups is 1. The van der Waals surface area contributed by atoms with Crippen LogP contribution in [0.2, 0.25) is 5.02 Å². The van der Waals surface area contributed by atoms with Crippen LogP contribution in [0.3, 0.4) is 0 Å². The Kier molecular flexibility index (Phi) is 7.12. The van der Waals surface area contributed by atoms with Crippen LogP contribution in [-0.4, -0.2) is 24.0 Å². The first-order chi connectivity index (χ1) is 17.2. The quantitative estimate of drug-likeness (QED) is 0.326. The number of anilines is 1. The molecule has 0 bridgehead atoms. The smallest absolute Gasteiger partial charge is 0.262 e. The molecule has 4 nitrogen and oxygen atoms in total. The van der Waals surface area contributed by atoms with E-state index in [1.54, 1.807) is 24.3 Å². The Hall–Kier alpha value is -3.60. The van der Waals surface area contributed by atoms with Gasteiger partial charge in [-0.3, -0.25) is 9.69 Å². The molecule has 0 aromatic heterocycles. The molecule has 1 unspecified atom stereocenters. The molecule has 1 N–H and O–H groups in total. The maximum Gasteiger partial charge on any atom is 0.262 e. The van der Waals surface area contributed by atoms with Gasteiger partial charge in [0.15, 0.2) is 6.61 Å². The second-order valence-electron chi connectivity index (χ2n) is 8.73. The van der Waals surface area contributed by atoms with E-state index in [2.05, 4.69) is 76.9 Å². The molecule has 5 rings (SSSR count). The molecule has 0 spiro atoms.